The van der Waals surface area contributed by atoms with Crippen LogP contribution < -0.4 is 10.2 Å². The molecular weight excluding hydrogens is 246 g/mol. The van der Waals surface area contributed by atoms with Crippen LogP contribution in [-0.4, -0.2) is 35.0 Å². The van der Waals surface area contributed by atoms with Gasteiger partial charge in [-0.1, -0.05) is 20.3 Å². The van der Waals surface area contributed by atoms with Crippen molar-refractivity contribution in [2.24, 2.45) is 5.92 Å². The number of nitro groups is 1. The number of nitrogens with zero attached hydrogens (tertiary/aromatic N) is 4. The van der Waals surface area contributed by atoms with Gasteiger partial charge in [0.2, 0.25) is 11.8 Å². The molecular formula is C12H21N5O2. The van der Waals surface area contributed by atoms with E-state index in [4.69, 9.17) is 0 Å². The second-order valence-electron chi connectivity index (χ2n) is 4.58. The van der Waals surface area contributed by atoms with Crippen molar-refractivity contribution >= 4 is 17.5 Å². The highest BCUT2D eigenvalue weighted by atomic mass is 16.6. The Balaban J connectivity index is 3.05. The van der Waals surface area contributed by atoms with Crippen LogP contribution in [0, 0.1) is 16.0 Å². The lowest BCUT2D eigenvalue weighted by Gasteiger charge is -2.21. The summed E-state index contributed by atoms with van der Waals surface area (Å²) in [5, 5.41) is 14.0. The molecule has 19 heavy (non-hydrogen) atoms. The first kappa shape index (κ1) is 15.1. The molecule has 0 amide bonds. The Kier molecular flexibility index (Phi) is 5.47. The molecule has 0 saturated heterocycles. The van der Waals surface area contributed by atoms with Gasteiger partial charge in [0.25, 0.3) is 0 Å². The van der Waals surface area contributed by atoms with E-state index in [1.807, 2.05) is 18.9 Å². The summed E-state index contributed by atoms with van der Waals surface area (Å²) in [5.41, 5.74) is -0.0625. The molecule has 0 radical (unpaired) electrons. The molecule has 0 bridgehead atoms. The Morgan fingerprint density at radius 2 is 2.21 bits per heavy atom. The summed E-state index contributed by atoms with van der Waals surface area (Å²) in [6.45, 7) is 7.52. The first-order chi connectivity index (χ1) is 8.99. The molecule has 0 aromatic carbocycles. The molecule has 0 saturated carbocycles. The van der Waals surface area contributed by atoms with Gasteiger partial charge in [0.05, 0.1) is 4.92 Å². The van der Waals surface area contributed by atoms with Crippen LogP contribution >= 0.6 is 0 Å². The minimum absolute atomic E-state index is 0.0625. The van der Waals surface area contributed by atoms with Crippen LogP contribution in [0.25, 0.3) is 0 Å². The van der Waals surface area contributed by atoms with E-state index in [0.717, 1.165) is 13.0 Å². The molecule has 1 atom stereocenters. The lowest BCUT2D eigenvalue weighted by molar-refractivity contribution is -0.384. The average molecular weight is 267 g/mol. The number of aromatic nitrogens is 2. The van der Waals surface area contributed by atoms with E-state index in [1.165, 1.54) is 6.20 Å². The van der Waals surface area contributed by atoms with Crippen molar-refractivity contribution in [2.75, 3.05) is 30.4 Å². The molecule has 1 aromatic rings. The highest BCUT2D eigenvalue weighted by Crippen LogP contribution is 2.25. The molecule has 1 rings (SSSR count). The average Bonchev–Trinajstić information content (AvgIpc) is 2.38. The van der Waals surface area contributed by atoms with Crippen molar-refractivity contribution < 1.29 is 4.92 Å². The van der Waals surface area contributed by atoms with E-state index in [2.05, 4.69) is 29.1 Å². The number of nitrogens with one attached hydrogen (secondary N) is 1. The molecule has 106 valence electrons. The topological polar surface area (TPSA) is 84.2 Å². The molecule has 1 aromatic heterocycles. The Morgan fingerprint density at radius 3 is 2.74 bits per heavy atom. The molecule has 0 fully saturated rings. The fraction of sp³-hybridized carbons (Fsp3) is 0.667. The third kappa shape index (κ3) is 4.04. The summed E-state index contributed by atoms with van der Waals surface area (Å²) in [5.74, 6) is 1.22. The van der Waals surface area contributed by atoms with Gasteiger partial charge in [-0.25, -0.2) is 4.98 Å². The van der Waals surface area contributed by atoms with Crippen LogP contribution in [0.4, 0.5) is 17.5 Å². The SMILES string of the molecule is CCNc1ncc([N+](=O)[O-])c(N(C)CC(C)CC)n1. The summed E-state index contributed by atoms with van der Waals surface area (Å²) in [6.07, 6.45) is 2.27. The molecule has 0 aliphatic rings. The van der Waals surface area contributed by atoms with Gasteiger partial charge >= 0.3 is 5.69 Å². The molecule has 0 aliphatic carbocycles. The predicted octanol–water partition coefficient (Wildman–Crippen LogP) is 2.30. The maximum Gasteiger partial charge on any atom is 0.329 e. The Labute approximate surface area is 113 Å². The monoisotopic (exact) mass is 267 g/mol. The van der Waals surface area contributed by atoms with E-state index >= 15 is 0 Å². The van der Waals surface area contributed by atoms with E-state index in [0.29, 0.717) is 24.2 Å². The van der Waals surface area contributed by atoms with Gasteiger partial charge < -0.3 is 10.2 Å². The normalized spacial score (nSPS) is 12.0. The first-order valence-corrected chi connectivity index (χ1v) is 6.46. The van der Waals surface area contributed by atoms with Gasteiger partial charge in [0.1, 0.15) is 6.20 Å². The fourth-order valence-electron chi connectivity index (χ4n) is 1.70. The lowest BCUT2D eigenvalue weighted by Crippen LogP contribution is -2.26. The van der Waals surface area contributed by atoms with Crippen LogP contribution in [0.5, 0.6) is 0 Å². The van der Waals surface area contributed by atoms with Crippen LogP contribution in [0.2, 0.25) is 0 Å². The van der Waals surface area contributed by atoms with Crippen molar-refractivity contribution in [1.29, 1.82) is 0 Å². The second-order valence-corrected chi connectivity index (χ2v) is 4.58. The van der Waals surface area contributed by atoms with Gasteiger partial charge in [0.15, 0.2) is 0 Å². The Bertz CT molecular complexity index is 438. The van der Waals surface area contributed by atoms with E-state index < -0.39 is 4.92 Å². The van der Waals surface area contributed by atoms with Crippen LogP contribution in [-0.2, 0) is 0 Å². The van der Waals surface area contributed by atoms with Crippen molar-refractivity contribution in [3.63, 3.8) is 0 Å². The first-order valence-electron chi connectivity index (χ1n) is 6.46. The molecule has 7 heteroatoms. The minimum atomic E-state index is -0.446. The van der Waals surface area contributed by atoms with E-state index in [-0.39, 0.29) is 5.69 Å². The van der Waals surface area contributed by atoms with Crippen molar-refractivity contribution in [2.45, 2.75) is 27.2 Å². The number of hydrogen-bond acceptors (Lipinski definition) is 6. The molecule has 0 aliphatic heterocycles. The highest BCUT2D eigenvalue weighted by molar-refractivity contribution is 5.58. The fourth-order valence-corrected chi connectivity index (χ4v) is 1.70. The summed E-state index contributed by atoms with van der Waals surface area (Å²) < 4.78 is 0. The zero-order chi connectivity index (χ0) is 14.4. The van der Waals surface area contributed by atoms with Gasteiger partial charge in [-0.2, -0.15) is 4.98 Å². The third-order valence-electron chi connectivity index (χ3n) is 2.93. The smallest absolute Gasteiger partial charge is 0.329 e. The van der Waals surface area contributed by atoms with Gasteiger partial charge in [-0.05, 0) is 12.8 Å². The van der Waals surface area contributed by atoms with Crippen LogP contribution in [0.15, 0.2) is 6.20 Å². The van der Waals surface area contributed by atoms with Crippen LogP contribution in [0.1, 0.15) is 27.2 Å². The zero-order valence-electron chi connectivity index (χ0n) is 11.9. The summed E-state index contributed by atoms with van der Waals surface area (Å²) in [6, 6.07) is 0. The number of rotatable bonds is 7. The van der Waals surface area contributed by atoms with Gasteiger partial charge in [-0.3, -0.25) is 10.1 Å². The molecule has 7 nitrogen and oxygen atoms in total. The lowest BCUT2D eigenvalue weighted by atomic mass is 10.1. The van der Waals surface area contributed by atoms with Crippen LogP contribution in [0.3, 0.4) is 0 Å². The highest BCUT2D eigenvalue weighted by Gasteiger charge is 2.21. The van der Waals surface area contributed by atoms with E-state index in [1.54, 1.807) is 0 Å². The van der Waals surface area contributed by atoms with Crippen molar-refractivity contribution in [3.8, 4) is 0 Å². The minimum Gasteiger partial charge on any atom is -0.354 e. The van der Waals surface area contributed by atoms with Gasteiger partial charge in [0, 0.05) is 20.1 Å². The largest absolute Gasteiger partial charge is 0.354 e. The third-order valence-corrected chi connectivity index (χ3v) is 2.93. The van der Waals surface area contributed by atoms with Gasteiger partial charge in [-0.15, -0.1) is 0 Å². The molecule has 0 spiro atoms. The quantitative estimate of drug-likeness (QED) is 0.602. The molecule has 1 heterocycles. The number of hydrogen-bond donors (Lipinski definition) is 1. The maximum atomic E-state index is 11.0. The van der Waals surface area contributed by atoms with E-state index in [9.17, 15) is 10.1 Å². The number of anilines is 2. The Morgan fingerprint density at radius 1 is 1.53 bits per heavy atom. The second kappa shape index (κ2) is 6.86. The molecule has 1 N–H and O–H groups in total. The zero-order valence-corrected chi connectivity index (χ0v) is 11.9. The van der Waals surface area contributed by atoms with Crippen molar-refractivity contribution in [1.82, 2.24) is 9.97 Å². The maximum absolute atomic E-state index is 11.0. The standard InChI is InChI=1S/C12H21N5O2/c1-5-9(3)8-16(4)11-10(17(18)19)7-14-12(15-11)13-6-2/h7,9H,5-6,8H2,1-4H3,(H,13,14,15). The van der Waals surface area contributed by atoms with Crippen molar-refractivity contribution in [3.05, 3.63) is 16.3 Å². The molecule has 1 unspecified atom stereocenters. The Hall–Kier alpha value is -1.92. The summed E-state index contributed by atoms with van der Waals surface area (Å²) in [4.78, 5) is 20.6. The summed E-state index contributed by atoms with van der Waals surface area (Å²) >= 11 is 0. The summed E-state index contributed by atoms with van der Waals surface area (Å²) in [7, 11) is 1.82. The predicted molar refractivity (Wildman–Crippen MR) is 75.6 cm³/mol.